The van der Waals surface area contributed by atoms with Crippen molar-refractivity contribution in [2.24, 2.45) is 0 Å². The van der Waals surface area contributed by atoms with Gasteiger partial charge in [0.15, 0.2) is 23.3 Å². The number of ether oxygens (including phenoxy) is 1. The Morgan fingerprint density at radius 1 is 0.946 bits per heavy atom. The van der Waals surface area contributed by atoms with Gasteiger partial charge >= 0.3 is 0 Å². The number of benzene rings is 2. The third-order valence-corrected chi connectivity index (χ3v) is 6.68. The van der Waals surface area contributed by atoms with Crippen LogP contribution in [0.2, 0.25) is 0 Å². The smallest absolute Gasteiger partial charge is 0.280 e. The molecule has 0 saturated heterocycles. The third-order valence-electron chi connectivity index (χ3n) is 5.79. The second-order valence-electron chi connectivity index (χ2n) is 7.95. The molecular formula is C26H17F4N3O3S. The molecule has 37 heavy (non-hydrogen) atoms. The maximum Gasteiger partial charge on any atom is 0.280 e. The summed E-state index contributed by atoms with van der Waals surface area (Å²) in [6.45, 7) is 0.0583. The molecule has 0 saturated carbocycles. The number of pyridine rings is 1. The Labute approximate surface area is 211 Å². The molecule has 0 spiro atoms. The van der Waals surface area contributed by atoms with E-state index in [4.69, 9.17) is 4.74 Å². The van der Waals surface area contributed by atoms with Crippen LogP contribution >= 0.6 is 11.3 Å². The van der Waals surface area contributed by atoms with Crippen molar-refractivity contribution < 1.29 is 27.1 Å². The average Bonchev–Trinajstić information content (AvgIpc) is 3.53. The average molecular weight is 527 g/mol. The number of methoxy groups -OCH3 is 1. The first-order valence-electron chi connectivity index (χ1n) is 10.9. The number of aromatic nitrogens is 2. The van der Waals surface area contributed by atoms with Crippen molar-refractivity contribution in [2.45, 2.75) is 6.54 Å². The molecule has 11 heteroatoms. The van der Waals surface area contributed by atoms with Crippen molar-refractivity contribution in [1.29, 1.82) is 0 Å². The zero-order valence-corrected chi connectivity index (χ0v) is 19.9. The minimum absolute atomic E-state index is 0.0227. The molecule has 0 radical (unpaired) electrons. The highest BCUT2D eigenvalue weighted by molar-refractivity contribution is 7.13. The van der Waals surface area contributed by atoms with E-state index < -0.39 is 51.5 Å². The van der Waals surface area contributed by atoms with E-state index in [2.05, 4.69) is 0 Å². The maximum atomic E-state index is 14.8. The summed E-state index contributed by atoms with van der Waals surface area (Å²) in [5, 5.41) is 3.36. The summed E-state index contributed by atoms with van der Waals surface area (Å²) in [5.74, 6) is -7.48. The van der Waals surface area contributed by atoms with E-state index in [1.54, 1.807) is 36.4 Å². The fraction of sp³-hybridized carbons (Fsp3) is 0.0769. The lowest BCUT2D eigenvalue weighted by molar-refractivity contribution is 0.102. The predicted octanol–water partition coefficient (Wildman–Crippen LogP) is 5.70. The molecule has 3 aromatic heterocycles. The summed E-state index contributed by atoms with van der Waals surface area (Å²) in [4.78, 5) is 26.4. The molecule has 0 atom stereocenters. The summed E-state index contributed by atoms with van der Waals surface area (Å²) in [5.41, 5.74) is -2.57. The molecule has 0 aliphatic rings. The van der Waals surface area contributed by atoms with Gasteiger partial charge in [0, 0.05) is 11.1 Å². The lowest BCUT2D eigenvalue weighted by atomic mass is 10.1. The van der Waals surface area contributed by atoms with Crippen molar-refractivity contribution in [1.82, 2.24) is 9.20 Å². The summed E-state index contributed by atoms with van der Waals surface area (Å²) in [6.07, 6.45) is 1.54. The van der Waals surface area contributed by atoms with E-state index in [1.807, 2.05) is 5.32 Å². The summed E-state index contributed by atoms with van der Waals surface area (Å²) < 4.78 is 67.0. The first-order valence-corrected chi connectivity index (χ1v) is 11.7. The summed E-state index contributed by atoms with van der Waals surface area (Å²) in [6, 6.07) is 14.3. The van der Waals surface area contributed by atoms with Crippen LogP contribution in [0.15, 0.2) is 71.0 Å². The zero-order valence-electron chi connectivity index (χ0n) is 19.1. The van der Waals surface area contributed by atoms with Gasteiger partial charge in [0.25, 0.3) is 11.5 Å². The number of nitrogens with one attached hydrogen (secondary N) is 1. The molecule has 0 aliphatic heterocycles. The molecule has 1 N–H and O–H groups in total. The van der Waals surface area contributed by atoms with Crippen LogP contribution in [0.4, 0.5) is 23.2 Å². The van der Waals surface area contributed by atoms with Gasteiger partial charge in [-0.05, 0) is 41.3 Å². The number of hydrogen-bond acceptors (Lipinski definition) is 4. The zero-order chi connectivity index (χ0) is 26.3. The Bertz CT molecular complexity index is 1660. The van der Waals surface area contributed by atoms with Gasteiger partial charge in [-0.1, -0.05) is 24.3 Å². The van der Waals surface area contributed by atoms with Gasteiger partial charge in [0.05, 0.1) is 24.7 Å². The van der Waals surface area contributed by atoms with Crippen molar-refractivity contribution >= 4 is 28.4 Å². The normalized spacial score (nSPS) is 11.2. The molecule has 0 bridgehead atoms. The number of amides is 1. The van der Waals surface area contributed by atoms with Gasteiger partial charge in [-0.2, -0.15) is 0 Å². The van der Waals surface area contributed by atoms with E-state index in [-0.39, 0.29) is 16.9 Å². The molecule has 2 aromatic carbocycles. The SMILES string of the molecule is COc1ccc(Cn2c(=O)c(C(=O)Nc3c(F)c(F)c(-c4cccs4)c(F)c3F)c3ccccn32)cc1. The highest BCUT2D eigenvalue weighted by Crippen LogP contribution is 2.36. The van der Waals surface area contributed by atoms with Crippen LogP contribution in [0.25, 0.3) is 16.0 Å². The Hall–Kier alpha value is -4.38. The fourth-order valence-corrected chi connectivity index (χ4v) is 4.76. The van der Waals surface area contributed by atoms with Gasteiger partial charge in [0.1, 0.15) is 17.0 Å². The second kappa shape index (κ2) is 9.58. The number of thiophene rings is 1. The van der Waals surface area contributed by atoms with E-state index in [0.29, 0.717) is 11.3 Å². The molecule has 3 heterocycles. The molecule has 5 rings (SSSR count). The lowest BCUT2D eigenvalue weighted by Crippen LogP contribution is -2.26. The third kappa shape index (κ3) is 4.16. The number of hydrogen-bond donors (Lipinski definition) is 1. The number of fused-ring (bicyclic) bond motifs is 1. The van der Waals surface area contributed by atoms with Crippen molar-refractivity contribution in [3.63, 3.8) is 0 Å². The molecule has 188 valence electrons. The minimum Gasteiger partial charge on any atom is -0.497 e. The standard InChI is InChI=1S/C26H17F4N3O3S/c1-36-15-9-7-14(8-10-15)13-33-26(35)18(16-5-2-3-11-32(16)33)25(34)31-24-22(29)20(27)19(21(28)23(24)30)17-6-4-12-37-17/h2-12H,13H2,1H3,(H,31,34). The van der Waals surface area contributed by atoms with Crippen LogP contribution in [0.5, 0.6) is 5.75 Å². The predicted molar refractivity (Wildman–Crippen MR) is 131 cm³/mol. The molecule has 0 unspecified atom stereocenters. The monoisotopic (exact) mass is 527 g/mol. The van der Waals surface area contributed by atoms with Crippen molar-refractivity contribution in [2.75, 3.05) is 12.4 Å². The molecule has 0 aliphatic carbocycles. The number of anilines is 1. The number of carbonyl (C=O) groups is 1. The Kier molecular flexibility index (Phi) is 6.30. The Morgan fingerprint density at radius 3 is 2.27 bits per heavy atom. The van der Waals surface area contributed by atoms with E-state index in [1.165, 1.54) is 46.1 Å². The topological polar surface area (TPSA) is 64.7 Å². The highest BCUT2D eigenvalue weighted by atomic mass is 32.1. The van der Waals surface area contributed by atoms with Gasteiger partial charge in [-0.3, -0.25) is 14.1 Å². The van der Waals surface area contributed by atoms with Crippen LogP contribution in [0.1, 0.15) is 15.9 Å². The number of nitrogens with zero attached hydrogens (tertiary/aromatic N) is 2. The molecule has 6 nitrogen and oxygen atoms in total. The van der Waals surface area contributed by atoms with Crippen molar-refractivity contribution in [3.8, 4) is 16.2 Å². The quantitative estimate of drug-likeness (QED) is 0.228. The molecular weight excluding hydrogens is 510 g/mol. The Balaban J connectivity index is 1.56. The molecule has 1 amide bonds. The van der Waals surface area contributed by atoms with Gasteiger partial charge < -0.3 is 10.1 Å². The first kappa shape index (κ1) is 24.3. The summed E-state index contributed by atoms with van der Waals surface area (Å²) >= 11 is 0.893. The van der Waals surface area contributed by atoms with Crippen LogP contribution in [0, 0.1) is 23.3 Å². The van der Waals surface area contributed by atoms with Crippen LogP contribution in [0.3, 0.4) is 0 Å². The fourth-order valence-electron chi connectivity index (χ4n) is 4.00. The van der Waals surface area contributed by atoms with Crippen LogP contribution in [-0.4, -0.2) is 22.2 Å². The summed E-state index contributed by atoms with van der Waals surface area (Å²) in [7, 11) is 1.52. The van der Waals surface area contributed by atoms with E-state index >= 15 is 0 Å². The van der Waals surface area contributed by atoms with Gasteiger partial charge in [-0.25, -0.2) is 22.2 Å². The van der Waals surface area contributed by atoms with Gasteiger partial charge in [0.2, 0.25) is 0 Å². The maximum absolute atomic E-state index is 14.8. The van der Waals surface area contributed by atoms with Gasteiger partial charge in [-0.15, -0.1) is 11.3 Å². The lowest BCUT2D eigenvalue weighted by Gasteiger charge is -2.12. The minimum atomic E-state index is -1.78. The highest BCUT2D eigenvalue weighted by Gasteiger charge is 2.30. The van der Waals surface area contributed by atoms with Crippen molar-refractivity contribution in [3.05, 3.63) is 111 Å². The first-order chi connectivity index (χ1) is 17.8. The second-order valence-corrected chi connectivity index (χ2v) is 8.90. The number of halogens is 4. The Morgan fingerprint density at radius 2 is 1.65 bits per heavy atom. The van der Waals surface area contributed by atoms with E-state index in [9.17, 15) is 27.2 Å². The molecule has 0 fully saturated rings. The largest absolute Gasteiger partial charge is 0.497 e. The molecule has 5 aromatic rings. The van der Waals surface area contributed by atoms with E-state index in [0.717, 1.165) is 11.3 Å². The van der Waals surface area contributed by atoms with Crippen LogP contribution < -0.4 is 15.6 Å². The van der Waals surface area contributed by atoms with Crippen LogP contribution in [-0.2, 0) is 6.54 Å². The number of carbonyl (C=O) groups excluding carboxylic acids is 1. The number of rotatable bonds is 6.